The molecule has 0 aromatic rings. The highest BCUT2D eigenvalue weighted by molar-refractivity contribution is 7.99. The Kier molecular flexibility index (Phi) is 3.01. The first kappa shape index (κ1) is 9.86. The van der Waals surface area contributed by atoms with Crippen LogP contribution in [0.1, 0.15) is 19.8 Å². The van der Waals surface area contributed by atoms with Gasteiger partial charge in [-0.25, -0.2) is 0 Å². The fraction of sp³-hybridized carbons (Fsp3) is 0.875. The molecular formula is C8H14O3S. The SMILES string of the molecule is CC1CSCCC1(O)CC(=O)O. The number of carboxylic acids is 1. The van der Waals surface area contributed by atoms with Crippen LogP contribution in [0.15, 0.2) is 0 Å². The summed E-state index contributed by atoms with van der Waals surface area (Å²) in [6, 6.07) is 0. The topological polar surface area (TPSA) is 57.5 Å². The van der Waals surface area contributed by atoms with Gasteiger partial charge in [-0.05, 0) is 23.8 Å². The van der Waals surface area contributed by atoms with Crippen molar-refractivity contribution in [3.05, 3.63) is 0 Å². The average molecular weight is 190 g/mol. The summed E-state index contributed by atoms with van der Waals surface area (Å²) in [4.78, 5) is 10.5. The molecule has 0 saturated carbocycles. The highest BCUT2D eigenvalue weighted by Gasteiger charge is 2.38. The van der Waals surface area contributed by atoms with Gasteiger partial charge in [0.15, 0.2) is 0 Å². The van der Waals surface area contributed by atoms with Crippen molar-refractivity contribution in [3.63, 3.8) is 0 Å². The van der Waals surface area contributed by atoms with E-state index in [1.807, 2.05) is 6.92 Å². The minimum Gasteiger partial charge on any atom is -0.481 e. The van der Waals surface area contributed by atoms with Gasteiger partial charge in [-0.2, -0.15) is 11.8 Å². The van der Waals surface area contributed by atoms with Gasteiger partial charge in [0, 0.05) is 0 Å². The van der Waals surface area contributed by atoms with E-state index in [2.05, 4.69) is 0 Å². The average Bonchev–Trinajstić information content (AvgIpc) is 1.94. The van der Waals surface area contributed by atoms with Crippen molar-refractivity contribution in [2.45, 2.75) is 25.4 Å². The molecule has 1 saturated heterocycles. The highest BCUT2D eigenvalue weighted by atomic mass is 32.2. The minimum absolute atomic E-state index is 0.0901. The molecule has 1 fully saturated rings. The van der Waals surface area contributed by atoms with Crippen LogP contribution in [-0.4, -0.2) is 33.3 Å². The third-order valence-electron chi connectivity index (χ3n) is 2.42. The zero-order valence-electron chi connectivity index (χ0n) is 7.12. The number of carboxylic acid groups (broad SMARTS) is 1. The van der Waals surface area contributed by atoms with E-state index in [4.69, 9.17) is 5.11 Å². The summed E-state index contributed by atoms with van der Waals surface area (Å²) in [7, 11) is 0. The van der Waals surface area contributed by atoms with Gasteiger partial charge in [0.25, 0.3) is 0 Å². The van der Waals surface area contributed by atoms with Crippen molar-refractivity contribution in [2.24, 2.45) is 5.92 Å². The first-order valence-electron chi connectivity index (χ1n) is 4.06. The third-order valence-corrected chi connectivity index (χ3v) is 3.65. The van der Waals surface area contributed by atoms with E-state index in [1.54, 1.807) is 11.8 Å². The van der Waals surface area contributed by atoms with Crippen LogP contribution in [0.5, 0.6) is 0 Å². The quantitative estimate of drug-likeness (QED) is 0.681. The standard InChI is InChI=1S/C8H14O3S/c1-6-5-12-3-2-8(6,11)4-7(9)10/h6,11H,2-5H2,1H3,(H,9,10). The number of aliphatic hydroxyl groups is 1. The molecule has 0 amide bonds. The van der Waals surface area contributed by atoms with E-state index in [9.17, 15) is 9.90 Å². The second-order valence-electron chi connectivity index (χ2n) is 3.40. The lowest BCUT2D eigenvalue weighted by Gasteiger charge is -2.36. The third kappa shape index (κ3) is 2.14. The molecule has 0 aliphatic carbocycles. The normalized spacial score (nSPS) is 36.3. The Labute approximate surface area is 76.2 Å². The molecule has 1 aliphatic heterocycles. The fourth-order valence-electron chi connectivity index (χ4n) is 1.44. The molecule has 1 aliphatic rings. The zero-order valence-corrected chi connectivity index (χ0v) is 7.93. The molecule has 1 heterocycles. The Bertz CT molecular complexity index is 183. The summed E-state index contributed by atoms with van der Waals surface area (Å²) in [6.45, 7) is 1.91. The number of thioether (sulfide) groups is 1. The van der Waals surface area contributed by atoms with E-state index >= 15 is 0 Å². The Balaban J connectivity index is 2.59. The van der Waals surface area contributed by atoms with Crippen molar-refractivity contribution < 1.29 is 15.0 Å². The molecule has 1 rings (SSSR count). The van der Waals surface area contributed by atoms with Gasteiger partial charge in [0.1, 0.15) is 0 Å². The smallest absolute Gasteiger partial charge is 0.306 e. The predicted molar refractivity (Wildman–Crippen MR) is 48.3 cm³/mol. The summed E-state index contributed by atoms with van der Waals surface area (Å²) in [5.41, 5.74) is -0.961. The van der Waals surface area contributed by atoms with Gasteiger partial charge in [0.2, 0.25) is 0 Å². The second-order valence-corrected chi connectivity index (χ2v) is 4.55. The summed E-state index contributed by atoms with van der Waals surface area (Å²) in [6.07, 6.45) is 0.486. The van der Waals surface area contributed by atoms with Gasteiger partial charge in [0.05, 0.1) is 12.0 Å². The van der Waals surface area contributed by atoms with Crippen LogP contribution in [-0.2, 0) is 4.79 Å². The van der Waals surface area contributed by atoms with Crippen molar-refractivity contribution in [1.29, 1.82) is 0 Å². The first-order chi connectivity index (χ1) is 5.54. The summed E-state index contributed by atoms with van der Waals surface area (Å²) in [5, 5.41) is 18.5. The Morgan fingerprint density at radius 3 is 2.92 bits per heavy atom. The second kappa shape index (κ2) is 3.66. The van der Waals surface area contributed by atoms with Gasteiger partial charge in [-0.3, -0.25) is 4.79 Å². The Hall–Kier alpha value is -0.220. The molecule has 70 valence electrons. The van der Waals surface area contributed by atoms with Crippen LogP contribution in [0.4, 0.5) is 0 Å². The molecule has 0 radical (unpaired) electrons. The summed E-state index contributed by atoms with van der Waals surface area (Å²) < 4.78 is 0. The molecule has 0 aromatic carbocycles. The lowest BCUT2D eigenvalue weighted by Crippen LogP contribution is -2.43. The van der Waals surface area contributed by atoms with E-state index in [1.165, 1.54) is 0 Å². The van der Waals surface area contributed by atoms with Crippen LogP contribution >= 0.6 is 11.8 Å². The molecule has 12 heavy (non-hydrogen) atoms. The van der Waals surface area contributed by atoms with Gasteiger partial charge in [-0.1, -0.05) is 6.92 Å². The molecule has 0 aromatic heterocycles. The molecule has 2 N–H and O–H groups in total. The monoisotopic (exact) mass is 190 g/mol. The Morgan fingerprint density at radius 1 is 1.75 bits per heavy atom. The molecule has 0 bridgehead atoms. The number of carbonyl (C=O) groups is 1. The van der Waals surface area contributed by atoms with Gasteiger partial charge >= 0.3 is 5.97 Å². The molecule has 2 atom stereocenters. The molecule has 3 nitrogen and oxygen atoms in total. The van der Waals surface area contributed by atoms with Crippen molar-refractivity contribution in [3.8, 4) is 0 Å². The zero-order chi connectivity index (χ0) is 9.19. The first-order valence-corrected chi connectivity index (χ1v) is 5.22. The largest absolute Gasteiger partial charge is 0.481 e. The van der Waals surface area contributed by atoms with E-state index in [0.29, 0.717) is 6.42 Å². The Morgan fingerprint density at radius 2 is 2.42 bits per heavy atom. The molecule has 4 heteroatoms. The summed E-state index contributed by atoms with van der Waals surface area (Å²) >= 11 is 1.78. The maximum absolute atomic E-state index is 10.5. The lowest BCUT2D eigenvalue weighted by atomic mass is 9.84. The van der Waals surface area contributed by atoms with Gasteiger partial charge in [-0.15, -0.1) is 0 Å². The summed E-state index contributed by atoms with van der Waals surface area (Å²) in [5.74, 6) is 0.918. The van der Waals surface area contributed by atoms with Gasteiger partial charge < -0.3 is 10.2 Å². The molecular weight excluding hydrogens is 176 g/mol. The highest BCUT2D eigenvalue weighted by Crippen LogP contribution is 2.34. The van der Waals surface area contributed by atoms with Crippen molar-refractivity contribution in [2.75, 3.05) is 11.5 Å². The number of rotatable bonds is 2. The van der Waals surface area contributed by atoms with Crippen molar-refractivity contribution >= 4 is 17.7 Å². The number of aliphatic carboxylic acids is 1. The van der Waals surface area contributed by atoms with Crippen LogP contribution in [0.25, 0.3) is 0 Å². The van der Waals surface area contributed by atoms with E-state index < -0.39 is 11.6 Å². The van der Waals surface area contributed by atoms with E-state index in [0.717, 1.165) is 11.5 Å². The molecule has 2 unspecified atom stereocenters. The van der Waals surface area contributed by atoms with Crippen LogP contribution < -0.4 is 0 Å². The fourth-order valence-corrected chi connectivity index (χ4v) is 2.76. The predicted octanol–water partition coefficient (Wildman–Crippen LogP) is 0.965. The van der Waals surface area contributed by atoms with Crippen LogP contribution in [0.2, 0.25) is 0 Å². The van der Waals surface area contributed by atoms with E-state index in [-0.39, 0.29) is 12.3 Å². The minimum atomic E-state index is -0.961. The van der Waals surface area contributed by atoms with Crippen LogP contribution in [0.3, 0.4) is 0 Å². The lowest BCUT2D eigenvalue weighted by molar-refractivity contribution is -0.144. The maximum Gasteiger partial charge on any atom is 0.306 e. The number of hydrogen-bond donors (Lipinski definition) is 2. The number of hydrogen-bond acceptors (Lipinski definition) is 3. The molecule has 0 spiro atoms. The van der Waals surface area contributed by atoms with Crippen LogP contribution in [0, 0.1) is 5.92 Å². The maximum atomic E-state index is 10.5. The van der Waals surface area contributed by atoms with Crippen molar-refractivity contribution in [1.82, 2.24) is 0 Å².